The third-order valence-corrected chi connectivity index (χ3v) is 4.13. The summed E-state index contributed by atoms with van der Waals surface area (Å²) >= 11 is 0. The van der Waals surface area contributed by atoms with E-state index in [0.29, 0.717) is 11.8 Å². The van der Waals surface area contributed by atoms with E-state index in [1.54, 1.807) is 5.56 Å². The van der Waals surface area contributed by atoms with Gasteiger partial charge in [-0.1, -0.05) is 37.6 Å². The first-order valence-corrected chi connectivity index (χ1v) is 5.80. The van der Waals surface area contributed by atoms with Gasteiger partial charge in [0.25, 0.3) is 0 Å². The van der Waals surface area contributed by atoms with Crippen LogP contribution >= 0.6 is 0 Å². The lowest BCUT2D eigenvalue weighted by Gasteiger charge is -2.30. The summed E-state index contributed by atoms with van der Waals surface area (Å²) in [6.45, 7) is 11.4. The van der Waals surface area contributed by atoms with Gasteiger partial charge in [-0.2, -0.15) is 0 Å². The zero-order valence-corrected chi connectivity index (χ0v) is 10.4. The number of allylic oxidation sites excluding steroid dienone is 1. The van der Waals surface area contributed by atoms with Gasteiger partial charge in [0.15, 0.2) is 0 Å². The molecule has 0 N–H and O–H groups in total. The van der Waals surface area contributed by atoms with Crippen molar-refractivity contribution < 1.29 is 0 Å². The molecule has 0 saturated carbocycles. The normalized spacial score (nSPS) is 24.7. The fourth-order valence-corrected chi connectivity index (χ4v) is 2.61. The fraction of sp³-hybridized carbons (Fsp3) is 0.467. The molecule has 0 fully saturated rings. The van der Waals surface area contributed by atoms with Crippen LogP contribution in [0.1, 0.15) is 48.9 Å². The van der Waals surface area contributed by atoms with E-state index in [-0.39, 0.29) is 0 Å². The Bertz CT molecular complexity index is 424. The van der Waals surface area contributed by atoms with Gasteiger partial charge in [-0.05, 0) is 54.9 Å². The highest BCUT2D eigenvalue weighted by molar-refractivity contribution is 5.64. The molecule has 2 rings (SSSR count). The number of aryl methyl sites for hydroxylation is 1. The van der Waals surface area contributed by atoms with Gasteiger partial charge in [0.1, 0.15) is 0 Å². The Labute approximate surface area is 93.0 Å². The van der Waals surface area contributed by atoms with E-state index in [0.717, 1.165) is 0 Å². The smallest absolute Gasteiger partial charge is 0.0119 e. The van der Waals surface area contributed by atoms with Gasteiger partial charge in [-0.3, -0.25) is 0 Å². The molecule has 80 valence electrons. The summed E-state index contributed by atoms with van der Waals surface area (Å²) in [5, 5.41) is 0. The molecular weight excluding hydrogens is 180 g/mol. The third kappa shape index (κ3) is 1.52. The van der Waals surface area contributed by atoms with Crippen molar-refractivity contribution in [2.45, 2.75) is 40.5 Å². The van der Waals surface area contributed by atoms with Crippen molar-refractivity contribution in [3.8, 4) is 0 Å². The summed E-state index contributed by atoms with van der Waals surface area (Å²) < 4.78 is 0. The SMILES string of the molecule is CC1=Cc2ccc(C)c(C)c2C(C)C1C. The van der Waals surface area contributed by atoms with Crippen LogP contribution in [0, 0.1) is 19.8 Å². The lowest BCUT2D eigenvalue weighted by Crippen LogP contribution is -2.15. The topological polar surface area (TPSA) is 0 Å². The monoisotopic (exact) mass is 200 g/mol. The number of benzene rings is 1. The number of hydrogen-bond acceptors (Lipinski definition) is 0. The zero-order valence-electron chi connectivity index (χ0n) is 10.4. The third-order valence-electron chi connectivity index (χ3n) is 4.13. The summed E-state index contributed by atoms with van der Waals surface area (Å²) in [5.41, 5.74) is 7.41. The van der Waals surface area contributed by atoms with Gasteiger partial charge in [0.2, 0.25) is 0 Å². The van der Waals surface area contributed by atoms with Gasteiger partial charge in [0.05, 0.1) is 0 Å². The van der Waals surface area contributed by atoms with Crippen LogP contribution in [-0.4, -0.2) is 0 Å². The molecule has 0 heterocycles. The van der Waals surface area contributed by atoms with E-state index in [2.05, 4.69) is 52.8 Å². The maximum Gasteiger partial charge on any atom is -0.0119 e. The molecule has 0 amide bonds. The van der Waals surface area contributed by atoms with E-state index in [9.17, 15) is 0 Å². The highest BCUT2D eigenvalue weighted by atomic mass is 14.3. The van der Waals surface area contributed by atoms with Gasteiger partial charge in [0, 0.05) is 0 Å². The first-order valence-electron chi connectivity index (χ1n) is 5.80. The van der Waals surface area contributed by atoms with Crippen molar-refractivity contribution in [3.05, 3.63) is 40.0 Å². The van der Waals surface area contributed by atoms with E-state index < -0.39 is 0 Å². The second-order valence-electron chi connectivity index (χ2n) is 4.98. The van der Waals surface area contributed by atoms with Gasteiger partial charge < -0.3 is 0 Å². The van der Waals surface area contributed by atoms with Gasteiger partial charge >= 0.3 is 0 Å². The molecule has 0 aromatic heterocycles. The van der Waals surface area contributed by atoms with E-state index >= 15 is 0 Å². The van der Waals surface area contributed by atoms with Crippen LogP contribution in [0.5, 0.6) is 0 Å². The molecule has 0 nitrogen and oxygen atoms in total. The second-order valence-corrected chi connectivity index (χ2v) is 4.98. The van der Waals surface area contributed by atoms with E-state index in [4.69, 9.17) is 0 Å². The predicted octanol–water partition coefficient (Wildman–Crippen LogP) is 4.46. The Morgan fingerprint density at radius 3 is 2.27 bits per heavy atom. The Morgan fingerprint density at radius 2 is 1.60 bits per heavy atom. The standard InChI is InChI=1S/C15H20/c1-9-6-7-14-8-10(2)11(3)13(5)15(14)12(9)4/h6-8,11,13H,1-5H3. The molecule has 2 unspecified atom stereocenters. The molecule has 0 aliphatic heterocycles. The molecule has 2 atom stereocenters. The Kier molecular flexibility index (Phi) is 2.46. The van der Waals surface area contributed by atoms with Crippen LogP contribution in [-0.2, 0) is 0 Å². The van der Waals surface area contributed by atoms with Crippen LogP contribution in [0.4, 0.5) is 0 Å². The van der Waals surface area contributed by atoms with Gasteiger partial charge in [-0.25, -0.2) is 0 Å². The predicted molar refractivity (Wildman–Crippen MR) is 67.1 cm³/mol. The molecule has 1 aliphatic carbocycles. The quantitative estimate of drug-likeness (QED) is 0.580. The van der Waals surface area contributed by atoms with Crippen LogP contribution in [0.2, 0.25) is 0 Å². The Hall–Kier alpha value is -1.04. The molecule has 1 aromatic rings. The molecule has 1 aromatic carbocycles. The minimum atomic E-state index is 0.657. The Balaban J connectivity index is 2.67. The molecule has 0 saturated heterocycles. The summed E-state index contributed by atoms with van der Waals surface area (Å²) in [7, 11) is 0. The van der Waals surface area contributed by atoms with Crippen molar-refractivity contribution in [1.29, 1.82) is 0 Å². The second kappa shape index (κ2) is 3.52. The van der Waals surface area contributed by atoms with Crippen molar-refractivity contribution in [1.82, 2.24) is 0 Å². The molecule has 1 aliphatic rings. The van der Waals surface area contributed by atoms with Crippen molar-refractivity contribution in [2.24, 2.45) is 5.92 Å². The molecule has 0 spiro atoms. The first kappa shape index (κ1) is 10.5. The summed E-state index contributed by atoms with van der Waals surface area (Å²) in [6, 6.07) is 4.50. The highest BCUT2D eigenvalue weighted by Crippen LogP contribution is 2.39. The fourth-order valence-electron chi connectivity index (χ4n) is 2.61. The van der Waals surface area contributed by atoms with Crippen molar-refractivity contribution in [3.63, 3.8) is 0 Å². The number of fused-ring (bicyclic) bond motifs is 1. The van der Waals surface area contributed by atoms with Crippen LogP contribution in [0.25, 0.3) is 6.08 Å². The molecule has 0 bridgehead atoms. The van der Waals surface area contributed by atoms with Crippen LogP contribution < -0.4 is 0 Å². The van der Waals surface area contributed by atoms with Crippen LogP contribution in [0.3, 0.4) is 0 Å². The Morgan fingerprint density at radius 1 is 0.933 bits per heavy atom. The average molecular weight is 200 g/mol. The molecule has 15 heavy (non-hydrogen) atoms. The molecule has 0 radical (unpaired) electrons. The minimum Gasteiger partial charge on any atom is -0.0693 e. The minimum absolute atomic E-state index is 0.657. The molecular formula is C15H20. The lowest BCUT2D eigenvalue weighted by molar-refractivity contribution is 0.552. The highest BCUT2D eigenvalue weighted by Gasteiger charge is 2.24. The van der Waals surface area contributed by atoms with Crippen molar-refractivity contribution in [2.75, 3.05) is 0 Å². The number of hydrogen-bond donors (Lipinski definition) is 0. The largest absolute Gasteiger partial charge is 0.0693 e. The van der Waals surface area contributed by atoms with Crippen LogP contribution in [0.15, 0.2) is 17.7 Å². The lowest BCUT2D eigenvalue weighted by atomic mass is 9.75. The first-order chi connectivity index (χ1) is 7.02. The molecule has 0 heteroatoms. The van der Waals surface area contributed by atoms with Crippen molar-refractivity contribution >= 4 is 6.08 Å². The average Bonchev–Trinajstić information content (AvgIpc) is 2.20. The maximum absolute atomic E-state index is 2.35. The van der Waals surface area contributed by atoms with E-state index in [1.807, 2.05) is 0 Å². The summed E-state index contributed by atoms with van der Waals surface area (Å²) in [6.07, 6.45) is 2.35. The van der Waals surface area contributed by atoms with E-state index in [1.165, 1.54) is 22.3 Å². The zero-order chi connectivity index (χ0) is 11.2. The summed E-state index contributed by atoms with van der Waals surface area (Å²) in [5.74, 6) is 1.34. The van der Waals surface area contributed by atoms with Gasteiger partial charge in [-0.15, -0.1) is 0 Å². The number of rotatable bonds is 0. The summed E-state index contributed by atoms with van der Waals surface area (Å²) in [4.78, 5) is 0. The maximum atomic E-state index is 2.35.